The third-order valence-corrected chi connectivity index (χ3v) is 3.00. The van der Waals surface area contributed by atoms with Crippen LogP contribution in [0.4, 0.5) is 11.4 Å². The molecule has 2 aromatic rings. The number of nitrogens with one attached hydrogen (secondary N) is 2. The van der Waals surface area contributed by atoms with Crippen LogP contribution in [0.3, 0.4) is 0 Å². The topological polar surface area (TPSA) is 59.6 Å². The van der Waals surface area contributed by atoms with Gasteiger partial charge >= 0.3 is 0 Å². The first kappa shape index (κ1) is 15.7. The van der Waals surface area contributed by atoms with Crippen molar-refractivity contribution in [2.75, 3.05) is 30.9 Å². The van der Waals surface area contributed by atoms with E-state index < -0.39 is 0 Å². The lowest BCUT2D eigenvalue weighted by Gasteiger charge is -2.11. The van der Waals surface area contributed by atoms with Gasteiger partial charge in [-0.2, -0.15) is 0 Å². The maximum Gasteiger partial charge on any atom is 0.243 e. The van der Waals surface area contributed by atoms with Gasteiger partial charge in [0.2, 0.25) is 5.91 Å². The Morgan fingerprint density at radius 3 is 2.50 bits per heavy atom. The number of carbonyl (C=O) groups excluding carboxylic acids is 1. The Morgan fingerprint density at radius 2 is 1.82 bits per heavy atom. The minimum absolute atomic E-state index is 0.140. The van der Waals surface area contributed by atoms with Gasteiger partial charge in [-0.05, 0) is 43.3 Å². The molecular formula is C17H20N2O3. The molecule has 0 unspecified atom stereocenters. The van der Waals surface area contributed by atoms with Crippen molar-refractivity contribution in [3.8, 4) is 11.5 Å². The molecule has 0 fully saturated rings. The average molecular weight is 300 g/mol. The summed E-state index contributed by atoms with van der Waals surface area (Å²) in [5.41, 5.74) is 1.52. The van der Waals surface area contributed by atoms with Gasteiger partial charge in [0, 0.05) is 5.69 Å². The zero-order valence-electron chi connectivity index (χ0n) is 12.8. The largest absolute Gasteiger partial charge is 0.495 e. The molecule has 0 spiro atoms. The smallest absolute Gasteiger partial charge is 0.243 e. The van der Waals surface area contributed by atoms with E-state index in [9.17, 15) is 4.79 Å². The molecule has 0 heterocycles. The van der Waals surface area contributed by atoms with Gasteiger partial charge in [-0.15, -0.1) is 0 Å². The predicted molar refractivity (Wildman–Crippen MR) is 87.7 cm³/mol. The molecule has 0 saturated carbocycles. The SMILES string of the molecule is CCOc1ccc(NCC(=O)Nc2ccccc2OC)cc1. The monoisotopic (exact) mass is 300 g/mol. The number of benzene rings is 2. The second-order valence-electron chi connectivity index (χ2n) is 4.56. The minimum Gasteiger partial charge on any atom is -0.495 e. The first-order valence-electron chi connectivity index (χ1n) is 7.12. The van der Waals surface area contributed by atoms with Gasteiger partial charge in [0.05, 0.1) is 25.9 Å². The van der Waals surface area contributed by atoms with Crippen molar-refractivity contribution in [1.82, 2.24) is 0 Å². The lowest BCUT2D eigenvalue weighted by Crippen LogP contribution is -2.22. The van der Waals surface area contributed by atoms with Crippen molar-refractivity contribution in [2.24, 2.45) is 0 Å². The van der Waals surface area contributed by atoms with Gasteiger partial charge in [0.1, 0.15) is 11.5 Å². The summed E-state index contributed by atoms with van der Waals surface area (Å²) in [6.45, 7) is 2.74. The predicted octanol–water partition coefficient (Wildman–Crippen LogP) is 3.14. The van der Waals surface area contributed by atoms with E-state index in [1.807, 2.05) is 43.3 Å². The summed E-state index contributed by atoms with van der Waals surface area (Å²) in [6, 6.07) is 14.8. The molecule has 116 valence electrons. The van der Waals surface area contributed by atoms with Crippen molar-refractivity contribution < 1.29 is 14.3 Å². The normalized spacial score (nSPS) is 9.91. The van der Waals surface area contributed by atoms with Crippen LogP contribution in [0.2, 0.25) is 0 Å². The standard InChI is InChI=1S/C17H20N2O3/c1-3-22-14-10-8-13(9-11-14)18-12-17(20)19-15-6-4-5-7-16(15)21-2/h4-11,18H,3,12H2,1-2H3,(H,19,20). The molecule has 2 rings (SSSR count). The molecule has 2 N–H and O–H groups in total. The van der Waals surface area contributed by atoms with Crippen molar-refractivity contribution in [1.29, 1.82) is 0 Å². The maximum atomic E-state index is 12.0. The fourth-order valence-electron chi connectivity index (χ4n) is 1.96. The second-order valence-corrected chi connectivity index (χ2v) is 4.56. The van der Waals surface area contributed by atoms with E-state index in [1.165, 1.54) is 0 Å². The maximum absolute atomic E-state index is 12.0. The fourth-order valence-corrected chi connectivity index (χ4v) is 1.96. The van der Waals surface area contributed by atoms with Gasteiger partial charge in [0.15, 0.2) is 0 Å². The molecule has 2 aromatic carbocycles. The summed E-state index contributed by atoms with van der Waals surface area (Å²) in [7, 11) is 1.57. The Morgan fingerprint density at radius 1 is 1.09 bits per heavy atom. The van der Waals surface area contributed by atoms with Crippen LogP contribution in [0.15, 0.2) is 48.5 Å². The van der Waals surface area contributed by atoms with Gasteiger partial charge < -0.3 is 20.1 Å². The Kier molecular flexibility index (Phi) is 5.65. The van der Waals surface area contributed by atoms with Gasteiger partial charge in [-0.1, -0.05) is 12.1 Å². The van der Waals surface area contributed by atoms with E-state index in [4.69, 9.17) is 9.47 Å². The van der Waals surface area contributed by atoms with Crippen molar-refractivity contribution in [3.05, 3.63) is 48.5 Å². The zero-order chi connectivity index (χ0) is 15.8. The highest BCUT2D eigenvalue weighted by Crippen LogP contribution is 2.22. The van der Waals surface area contributed by atoms with Gasteiger partial charge in [0.25, 0.3) is 0 Å². The van der Waals surface area contributed by atoms with Crippen LogP contribution in [0, 0.1) is 0 Å². The number of hydrogen-bond acceptors (Lipinski definition) is 4. The van der Waals surface area contributed by atoms with Crippen molar-refractivity contribution >= 4 is 17.3 Å². The summed E-state index contributed by atoms with van der Waals surface area (Å²) in [6.07, 6.45) is 0. The molecule has 0 saturated heterocycles. The van der Waals surface area contributed by atoms with Crippen LogP contribution in [0.1, 0.15) is 6.92 Å². The number of anilines is 2. The summed E-state index contributed by atoms with van der Waals surface area (Å²) in [5, 5.41) is 5.88. The van der Waals surface area contributed by atoms with Gasteiger partial charge in [-0.3, -0.25) is 4.79 Å². The summed E-state index contributed by atoms with van der Waals surface area (Å²) in [5.74, 6) is 1.31. The number of amides is 1. The van der Waals surface area contributed by atoms with E-state index in [2.05, 4.69) is 10.6 Å². The first-order valence-corrected chi connectivity index (χ1v) is 7.12. The Balaban J connectivity index is 1.87. The average Bonchev–Trinajstić information content (AvgIpc) is 2.55. The number of methoxy groups -OCH3 is 1. The number of ether oxygens (including phenoxy) is 2. The van der Waals surface area contributed by atoms with E-state index in [0.717, 1.165) is 11.4 Å². The molecule has 22 heavy (non-hydrogen) atoms. The molecule has 0 aliphatic heterocycles. The van der Waals surface area contributed by atoms with Crippen LogP contribution in [0.5, 0.6) is 11.5 Å². The van der Waals surface area contributed by atoms with Crippen LogP contribution in [0.25, 0.3) is 0 Å². The number of hydrogen-bond donors (Lipinski definition) is 2. The highest BCUT2D eigenvalue weighted by atomic mass is 16.5. The van der Waals surface area contributed by atoms with E-state index in [0.29, 0.717) is 18.0 Å². The number of para-hydroxylation sites is 2. The first-order chi connectivity index (χ1) is 10.7. The Labute approximate surface area is 130 Å². The number of rotatable bonds is 7. The van der Waals surface area contributed by atoms with E-state index in [1.54, 1.807) is 19.2 Å². The van der Waals surface area contributed by atoms with E-state index in [-0.39, 0.29) is 12.5 Å². The summed E-state index contributed by atoms with van der Waals surface area (Å²) < 4.78 is 10.6. The molecule has 0 aliphatic carbocycles. The zero-order valence-corrected chi connectivity index (χ0v) is 12.8. The lowest BCUT2D eigenvalue weighted by atomic mass is 10.3. The molecule has 0 radical (unpaired) electrons. The second kappa shape index (κ2) is 7.93. The molecule has 0 aliphatic rings. The van der Waals surface area contributed by atoms with Crippen LogP contribution < -0.4 is 20.1 Å². The fraction of sp³-hybridized carbons (Fsp3) is 0.235. The highest BCUT2D eigenvalue weighted by Gasteiger charge is 2.06. The molecule has 5 heteroatoms. The Hall–Kier alpha value is -2.69. The molecule has 0 aromatic heterocycles. The van der Waals surface area contributed by atoms with Crippen LogP contribution >= 0.6 is 0 Å². The minimum atomic E-state index is -0.140. The highest BCUT2D eigenvalue weighted by molar-refractivity contribution is 5.95. The summed E-state index contributed by atoms with van der Waals surface area (Å²) >= 11 is 0. The van der Waals surface area contributed by atoms with Crippen molar-refractivity contribution in [2.45, 2.75) is 6.92 Å². The quantitative estimate of drug-likeness (QED) is 0.824. The Bertz CT molecular complexity index is 612. The molecular weight excluding hydrogens is 280 g/mol. The van der Waals surface area contributed by atoms with Gasteiger partial charge in [-0.25, -0.2) is 0 Å². The lowest BCUT2D eigenvalue weighted by molar-refractivity contribution is -0.114. The van der Waals surface area contributed by atoms with E-state index >= 15 is 0 Å². The summed E-state index contributed by atoms with van der Waals surface area (Å²) in [4.78, 5) is 12.0. The van der Waals surface area contributed by atoms with Crippen molar-refractivity contribution in [3.63, 3.8) is 0 Å². The molecule has 5 nitrogen and oxygen atoms in total. The third-order valence-electron chi connectivity index (χ3n) is 3.00. The molecule has 1 amide bonds. The molecule has 0 bridgehead atoms. The third kappa shape index (κ3) is 4.41. The number of carbonyl (C=O) groups is 1. The molecule has 0 atom stereocenters. The van der Waals surface area contributed by atoms with Crippen LogP contribution in [-0.2, 0) is 4.79 Å². The van der Waals surface area contributed by atoms with Crippen LogP contribution in [-0.4, -0.2) is 26.2 Å².